The highest BCUT2D eigenvalue weighted by Crippen LogP contribution is 2.19. The van der Waals surface area contributed by atoms with Crippen molar-refractivity contribution in [2.24, 2.45) is 0 Å². The Morgan fingerprint density at radius 1 is 1.54 bits per heavy atom. The second-order valence-corrected chi connectivity index (χ2v) is 2.66. The minimum Gasteiger partial charge on any atom is -0.478 e. The summed E-state index contributed by atoms with van der Waals surface area (Å²) >= 11 is 0. The van der Waals surface area contributed by atoms with Crippen molar-refractivity contribution in [3.63, 3.8) is 0 Å². The summed E-state index contributed by atoms with van der Waals surface area (Å²) in [4.78, 5) is 10.7. The average molecular weight is 180 g/mol. The SMILES string of the molecule is Cc1c(C(=O)O)c(C)n(O)c1C#N. The first-order chi connectivity index (χ1) is 6.00. The summed E-state index contributed by atoms with van der Waals surface area (Å²) in [7, 11) is 0. The van der Waals surface area contributed by atoms with Crippen molar-refractivity contribution < 1.29 is 15.1 Å². The molecule has 0 fully saturated rings. The van der Waals surface area contributed by atoms with Crippen LogP contribution in [-0.4, -0.2) is 21.0 Å². The lowest BCUT2D eigenvalue weighted by atomic mass is 10.1. The Hall–Kier alpha value is -1.96. The minimum atomic E-state index is -1.14. The van der Waals surface area contributed by atoms with Gasteiger partial charge in [0.15, 0.2) is 5.69 Å². The molecule has 0 atom stereocenters. The minimum absolute atomic E-state index is 0.0148. The fourth-order valence-corrected chi connectivity index (χ4v) is 1.27. The third-order valence-corrected chi connectivity index (χ3v) is 1.94. The van der Waals surface area contributed by atoms with E-state index < -0.39 is 5.97 Å². The van der Waals surface area contributed by atoms with Crippen molar-refractivity contribution in [3.05, 3.63) is 22.5 Å². The molecule has 0 aliphatic carbocycles. The molecule has 2 N–H and O–H groups in total. The molecular formula is C8H8N2O3. The molecule has 5 heteroatoms. The number of carboxylic acids is 1. The van der Waals surface area contributed by atoms with E-state index in [2.05, 4.69) is 0 Å². The van der Waals surface area contributed by atoms with E-state index in [1.807, 2.05) is 0 Å². The standard InChI is InChI=1S/C8H8N2O3/c1-4-6(3-9)10(13)5(2)7(4)8(11)12/h13H,1-2H3,(H,11,12). The van der Waals surface area contributed by atoms with Gasteiger partial charge in [-0.2, -0.15) is 9.99 Å². The molecule has 0 saturated heterocycles. The van der Waals surface area contributed by atoms with Crippen LogP contribution in [0.25, 0.3) is 0 Å². The third kappa shape index (κ3) is 1.12. The molecule has 1 aromatic heterocycles. The number of rotatable bonds is 1. The summed E-state index contributed by atoms with van der Waals surface area (Å²) in [6.07, 6.45) is 0. The second kappa shape index (κ2) is 2.83. The summed E-state index contributed by atoms with van der Waals surface area (Å²) in [5.74, 6) is -1.14. The van der Waals surface area contributed by atoms with Crippen LogP contribution in [0.3, 0.4) is 0 Å². The van der Waals surface area contributed by atoms with Crippen molar-refractivity contribution in [2.45, 2.75) is 13.8 Å². The van der Waals surface area contributed by atoms with Crippen LogP contribution in [0.5, 0.6) is 0 Å². The van der Waals surface area contributed by atoms with E-state index in [-0.39, 0.29) is 22.5 Å². The van der Waals surface area contributed by atoms with Crippen LogP contribution in [0, 0.1) is 25.2 Å². The largest absolute Gasteiger partial charge is 0.478 e. The molecule has 0 bridgehead atoms. The summed E-state index contributed by atoms with van der Waals surface area (Å²) in [6, 6.07) is 1.73. The van der Waals surface area contributed by atoms with E-state index in [9.17, 15) is 10.0 Å². The highest BCUT2D eigenvalue weighted by atomic mass is 16.5. The maximum absolute atomic E-state index is 10.7. The molecule has 0 amide bonds. The molecule has 13 heavy (non-hydrogen) atoms. The Labute approximate surface area is 74.4 Å². The molecule has 0 aliphatic rings. The van der Waals surface area contributed by atoms with E-state index in [4.69, 9.17) is 10.4 Å². The highest BCUT2D eigenvalue weighted by Gasteiger charge is 2.21. The third-order valence-electron chi connectivity index (χ3n) is 1.94. The first-order valence-electron chi connectivity index (χ1n) is 3.55. The van der Waals surface area contributed by atoms with Crippen LogP contribution in [0.2, 0.25) is 0 Å². The lowest BCUT2D eigenvalue weighted by molar-refractivity contribution is 0.0692. The molecule has 1 rings (SSSR count). The van der Waals surface area contributed by atoms with Crippen LogP contribution < -0.4 is 0 Å². The monoisotopic (exact) mass is 180 g/mol. The zero-order valence-electron chi connectivity index (χ0n) is 7.20. The van der Waals surface area contributed by atoms with Gasteiger partial charge >= 0.3 is 5.97 Å². The first-order valence-corrected chi connectivity index (χ1v) is 3.55. The lowest BCUT2D eigenvalue weighted by Crippen LogP contribution is -2.01. The molecule has 0 aromatic carbocycles. The van der Waals surface area contributed by atoms with Crippen molar-refractivity contribution in [1.82, 2.24) is 4.73 Å². The number of carbonyl (C=O) groups is 1. The number of carboxylic acid groups (broad SMARTS) is 1. The highest BCUT2D eigenvalue weighted by molar-refractivity contribution is 5.91. The Balaban J connectivity index is 3.57. The van der Waals surface area contributed by atoms with E-state index in [1.165, 1.54) is 13.8 Å². The van der Waals surface area contributed by atoms with Gasteiger partial charge in [0, 0.05) is 5.56 Å². The van der Waals surface area contributed by atoms with Gasteiger partial charge in [-0.3, -0.25) is 0 Å². The molecule has 1 aromatic rings. The molecule has 1 heterocycles. The summed E-state index contributed by atoms with van der Waals surface area (Å²) in [6.45, 7) is 2.93. The van der Waals surface area contributed by atoms with Gasteiger partial charge < -0.3 is 10.3 Å². The predicted molar refractivity (Wildman–Crippen MR) is 42.8 cm³/mol. The van der Waals surface area contributed by atoms with E-state index in [0.717, 1.165) is 0 Å². The van der Waals surface area contributed by atoms with Crippen molar-refractivity contribution in [2.75, 3.05) is 0 Å². The number of aromatic nitrogens is 1. The van der Waals surface area contributed by atoms with Gasteiger partial charge in [0.25, 0.3) is 0 Å². The van der Waals surface area contributed by atoms with Gasteiger partial charge in [0.05, 0.1) is 11.3 Å². The Kier molecular flexibility index (Phi) is 1.98. The molecule has 0 radical (unpaired) electrons. The van der Waals surface area contributed by atoms with Crippen molar-refractivity contribution >= 4 is 5.97 Å². The number of aromatic carboxylic acids is 1. The number of hydrogen-bond acceptors (Lipinski definition) is 3. The van der Waals surface area contributed by atoms with Gasteiger partial charge in [0.1, 0.15) is 6.07 Å². The Bertz CT molecular complexity index is 412. The fourth-order valence-electron chi connectivity index (χ4n) is 1.27. The summed E-state index contributed by atoms with van der Waals surface area (Å²) in [5.41, 5.74) is 0.408. The molecular weight excluding hydrogens is 172 g/mol. The Morgan fingerprint density at radius 2 is 2.08 bits per heavy atom. The van der Waals surface area contributed by atoms with Crippen LogP contribution in [0.4, 0.5) is 0 Å². The second-order valence-electron chi connectivity index (χ2n) is 2.66. The zero-order valence-corrected chi connectivity index (χ0v) is 7.20. The number of nitriles is 1. The van der Waals surface area contributed by atoms with E-state index in [1.54, 1.807) is 6.07 Å². The lowest BCUT2D eigenvalue weighted by Gasteiger charge is -1.95. The normalized spacial score (nSPS) is 9.62. The van der Waals surface area contributed by atoms with Gasteiger partial charge in [-0.25, -0.2) is 4.79 Å². The van der Waals surface area contributed by atoms with Gasteiger partial charge in [-0.05, 0) is 13.8 Å². The quantitative estimate of drug-likeness (QED) is 0.629. The number of hydrogen-bond donors (Lipinski definition) is 2. The van der Waals surface area contributed by atoms with Gasteiger partial charge in [0.2, 0.25) is 0 Å². The van der Waals surface area contributed by atoms with Crippen LogP contribution in [0.1, 0.15) is 27.3 Å². The Morgan fingerprint density at radius 3 is 2.31 bits per heavy atom. The summed E-state index contributed by atoms with van der Waals surface area (Å²) < 4.78 is 0.596. The number of nitrogens with zero attached hydrogens (tertiary/aromatic N) is 2. The molecule has 5 nitrogen and oxygen atoms in total. The predicted octanol–water partition coefficient (Wildman–Crippen LogP) is 0.912. The maximum Gasteiger partial charge on any atom is 0.337 e. The van der Waals surface area contributed by atoms with Crippen LogP contribution in [0.15, 0.2) is 0 Å². The van der Waals surface area contributed by atoms with Crippen molar-refractivity contribution in [3.8, 4) is 6.07 Å². The molecule has 0 aliphatic heterocycles. The fraction of sp³-hybridized carbons (Fsp3) is 0.250. The van der Waals surface area contributed by atoms with Crippen LogP contribution in [-0.2, 0) is 0 Å². The van der Waals surface area contributed by atoms with Crippen molar-refractivity contribution in [1.29, 1.82) is 5.26 Å². The smallest absolute Gasteiger partial charge is 0.337 e. The molecule has 0 spiro atoms. The maximum atomic E-state index is 10.7. The molecule has 0 saturated carbocycles. The van der Waals surface area contributed by atoms with E-state index >= 15 is 0 Å². The first kappa shape index (κ1) is 9.13. The topological polar surface area (TPSA) is 86.2 Å². The summed E-state index contributed by atoms with van der Waals surface area (Å²) in [5, 5.41) is 26.6. The zero-order chi connectivity index (χ0) is 10.2. The van der Waals surface area contributed by atoms with Gasteiger partial charge in [-0.15, -0.1) is 0 Å². The molecule has 0 unspecified atom stereocenters. The molecule has 68 valence electrons. The van der Waals surface area contributed by atoms with Gasteiger partial charge in [-0.1, -0.05) is 0 Å². The van der Waals surface area contributed by atoms with Crippen LogP contribution >= 0.6 is 0 Å². The van der Waals surface area contributed by atoms with E-state index in [0.29, 0.717) is 4.73 Å². The average Bonchev–Trinajstić information content (AvgIpc) is 2.24.